The molecule has 1 saturated heterocycles. The Hall–Kier alpha value is -2.02. The molecule has 0 bridgehead atoms. The molecule has 0 unspecified atom stereocenters. The Morgan fingerprint density at radius 2 is 2.38 bits per heavy atom. The first-order chi connectivity index (χ1) is 10.1. The topological polar surface area (TPSA) is 71.5 Å². The smallest absolute Gasteiger partial charge is 0.252 e. The number of ether oxygens (including phenoxy) is 1. The monoisotopic (exact) mass is 295 g/mol. The highest BCUT2D eigenvalue weighted by Crippen LogP contribution is 2.16. The van der Waals surface area contributed by atoms with E-state index in [0.29, 0.717) is 32.7 Å². The molecular formula is C14H18FN3O3. The van der Waals surface area contributed by atoms with Crippen molar-refractivity contribution >= 4 is 11.8 Å². The number of aromatic nitrogens is 1. The van der Waals surface area contributed by atoms with Crippen molar-refractivity contribution in [3.63, 3.8) is 0 Å². The van der Waals surface area contributed by atoms with E-state index in [1.165, 1.54) is 6.20 Å². The highest BCUT2D eigenvalue weighted by atomic mass is 19.1. The van der Waals surface area contributed by atoms with Crippen molar-refractivity contribution in [2.75, 3.05) is 33.4 Å². The first-order valence-corrected chi connectivity index (χ1v) is 6.75. The fourth-order valence-corrected chi connectivity index (χ4v) is 2.28. The predicted octanol–water partition coefficient (Wildman–Crippen LogP) is 0.445. The van der Waals surface area contributed by atoms with Crippen molar-refractivity contribution in [3.05, 3.63) is 29.8 Å². The van der Waals surface area contributed by atoms with Crippen molar-refractivity contribution in [3.8, 4) is 0 Å². The Bertz CT molecular complexity index is 524. The number of hydrogen-bond acceptors (Lipinski definition) is 4. The summed E-state index contributed by atoms with van der Waals surface area (Å²) in [5.74, 6) is -0.798. The molecule has 1 aliphatic rings. The number of carbonyl (C=O) groups excluding carboxylic acids is 2. The molecule has 21 heavy (non-hydrogen) atoms. The van der Waals surface area contributed by atoms with Crippen LogP contribution in [0.3, 0.4) is 0 Å². The van der Waals surface area contributed by atoms with Gasteiger partial charge in [-0.05, 0) is 6.07 Å². The summed E-state index contributed by atoms with van der Waals surface area (Å²) in [6.07, 6.45) is 2.76. The number of amides is 2. The SMILES string of the molecule is COCCN1C[C@H](CNC(=O)c2cncc(F)c2)CC1=O. The molecule has 6 nitrogen and oxygen atoms in total. The van der Waals surface area contributed by atoms with Crippen LogP contribution < -0.4 is 5.32 Å². The van der Waals surface area contributed by atoms with Crippen molar-refractivity contribution in [2.24, 2.45) is 5.92 Å². The fraction of sp³-hybridized carbons (Fsp3) is 0.500. The van der Waals surface area contributed by atoms with Crippen LogP contribution in [0, 0.1) is 11.7 Å². The van der Waals surface area contributed by atoms with Gasteiger partial charge in [-0.1, -0.05) is 0 Å². The number of rotatable bonds is 6. The summed E-state index contributed by atoms with van der Waals surface area (Å²) < 4.78 is 17.9. The standard InChI is InChI=1S/C14H18FN3O3/c1-21-3-2-18-9-10(4-13(18)19)6-17-14(20)11-5-12(15)8-16-7-11/h5,7-8,10H,2-4,6,9H2,1H3,(H,17,20)/t10-/m0/s1. The number of pyridine rings is 1. The number of methoxy groups -OCH3 is 1. The lowest BCUT2D eigenvalue weighted by molar-refractivity contribution is -0.128. The number of hydrogen-bond donors (Lipinski definition) is 1. The Labute approximate surface area is 122 Å². The van der Waals surface area contributed by atoms with Gasteiger partial charge in [0.1, 0.15) is 5.82 Å². The Balaban J connectivity index is 1.81. The van der Waals surface area contributed by atoms with Gasteiger partial charge in [0.25, 0.3) is 5.91 Å². The maximum atomic E-state index is 13.0. The van der Waals surface area contributed by atoms with Gasteiger partial charge in [0.05, 0.1) is 18.4 Å². The van der Waals surface area contributed by atoms with Crippen LogP contribution in [0.25, 0.3) is 0 Å². The molecule has 1 aromatic heterocycles. The summed E-state index contributed by atoms with van der Waals surface area (Å²) in [6.45, 7) is 2.04. The number of carbonyl (C=O) groups is 2. The lowest BCUT2D eigenvalue weighted by Crippen LogP contribution is -2.32. The van der Waals surface area contributed by atoms with Gasteiger partial charge in [-0.25, -0.2) is 4.39 Å². The van der Waals surface area contributed by atoms with Crippen LogP contribution in [0.5, 0.6) is 0 Å². The Morgan fingerprint density at radius 1 is 1.57 bits per heavy atom. The van der Waals surface area contributed by atoms with E-state index in [2.05, 4.69) is 10.3 Å². The summed E-state index contributed by atoms with van der Waals surface area (Å²) in [6, 6.07) is 1.13. The van der Waals surface area contributed by atoms with Crippen LogP contribution in [-0.4, -0.2) is 55.0 Å². The second kappa shape index (κ2) is 7.12. The number of halogens is 1. The van der Waals surface area contributed by atoms with Crippen LogP contribution in [0.15, 0.2) is 18.5 Å². The minimum atomic E-state index is -0.551. The molecule has 0 saturated carbocycles. The molecule has 0 aromatic carbocycles. The lowest BCUT2D eigenvalue weighted by Gasteiger charge is -2.16. The van der Waals surface area contributed by atoms with E-state index < -0.39 is 5.82 Å². The molecular weight excluding hydrogens is 277 g/mol. The van der Waals surface area contributed by atoms with Gasteiger partial charge < -0.3 is 15.0 Å². The fourth-order valence-electron chi connectivity index (χ4n) is 2.28. The van der Waals surface area contributed by atoms with Gasteiger partial charge in [0.2, 0.25) is 5.91 Å². The Kier molecular flexibility index (Phi) is 5.21. The quantitative estimate of drug-likeness (QED) is 0.827. The third-order valence-electron chi connectivity index (χ3n) is 3.38. The van der Waals surface area contributed by atoms with Crippen molar-refractivity contribution < 1.29 is 18.7 Å². The molecule has 1 aliphatic heterocycles. The van der Waals surface area contributed by atoms with Crippen molar-refractivity contribution in [1.82, 2.24) is 15.2 Å². The summed E-state index contributed by atoms with van der Waals surface area (Å²) >= 11 is 0. The summed E-state index contributed by atoms with van der Waals surface area (Å²) in [7, 11) is 1.59. The molecule has 0 aliphatic carbocycles. The molecule has 1 fully saturated rings. The van der Waals surface area contributed by atoms with Crippen LogP contribution in [0.2, 0.25) is 0 Å². The second-order valence-electron chi connectivity index (χ2n) is 5.00. The average molecular weight is 295 g/mol. The van der Waals surface area contributed by atoms with Crippen LogP contribution in [-0.2, 0) is 9.53 Å². The van der Waals surface area contributed by atoms with E-state index in [4.69, 9.17) is 4.74 Å². The molecule has 1 aromatic rings. The van der Waals surface area contributed by atoms with Crippen molar-refractivity contribution in [1.29, 1.82) is 0 Å². The molecule has 2 heterocycles. The van der Waals surface area contributed by atoms with Crippen LogP contribution >= 0.6 is 0 Å². The first kappa shape index (κ1) is 15.4. The lowest BCUT2D eigenvalue weighted by atomic mass is 10.1. The van der Waals surface area contributed by atoms with Gasteiger partial charge in [0.15, 0.2) is 0 Å². The molecule has 0 radical (unpaired) electrons. The number of likely N-dealkylation sites (tertiary alicyclic amines) is 1. The maximum absolute atomic E-state index is 13.0. The van der Waals surface area contributed by atoms with Gasteiger partial charge in [-0.2, -0.15) is 0 Å². The van der Waals surface area contributed by atoms with E-state index >= 15 is 0 Å². The van der Waals surface area contributed by atoms with Crippen molar-refractivity contribution in [2.45, 2.75) is 6.42 Å². The first-order valence-electron chi connectivity index (χ1n) is 6.75. The maximum Gasteiger partial charge on any atom is 0.252 e. The molecule has 1 N–H and O–H groups in total. The molecule has 0 spiro atoms. The highest BCUT2D eigenvalue weighted by molar-refractivity contribution is 5.93. The van der Waals surface area contributed by atoms with Gasteiger partial charge in [0, 0.05) is 45.3 Å². The molecule has 2 rings (SSSR count). The van der Waals surface area contributed by atoms with Crippen LogP contribution in [0.4, 0.5) is 4.39 Å². The third kappa shape index (κ3) is 4.22. The zero-order valence-corrected chi connectivity index (χ0v) is 11.8. The minimum Gasteiger partial charge on any atom is -0.383 e. The van der Waals surface area contributed by atoms with Gasteiger partial charge in [-0.3, -0.25) is 14.6 Å². The molecule has 7 heteroatoms. The van der Waals surface area contributed by atoms with E-state index in [9.17, 15) is 14.0 Å². The van der Waals surface area contributed by atoms with Gasteiger partial charge >= 0.3 is 0 Å². The van der Waals surface area contributed by atoms with E-state index in [0.717, 1.165) is 12.3 Å². The van der Waals surface area contributed by atoms with E-state index in [-0.39, 0.29) is 23.3 Å². The van der Waals surface area contributed by atoms with Gasteiger partial charge in [-0.15, -0.1) is 0 Å². The van der Waals surface area contributed by atoms with E-state index in [1.807, 2.05) is 0 Å². The highest BCUT2D eigenvalue weighted by Gasteiger charge is 2.29. The Morgan fingerprint density at radius 3 is 3.10 bits per heavy atom. The summed E-state index contributed by atoms with van der Waals surface area (Å²) in [5.41, 5.74) is 0.176. The van der Waals surface area contributed by atoms with Crippen LogP contribution in [0.1, 0.15) is 16.8 Å². The normalized spacial score (nSPS) is 18.1. The average Bonchev–Trinajstić information content (AvgIpc) is 2.83. The second-order valence-corrected chi connectivity index (χ2v) is 5.00. The predicted molar refractivity (Wildman–Crippen MR) is 73.1 cm³/mol. The minimum absolute atomic E-state index is 0.0683. The molecule has 114 valence electrons. The van der Waals surface area contributed by atoms with E-state index in [1.54, 1.807) is 12.0 Å². The largest absolute Gasteiger partial charge is 0.383 e. The third-order valence-corrected chi connectivity index (χ3v) is 3.38. The number of nitrogens with one attached hydrogen (secondary N) is 1. The molecule has 1 atom stereocenters. The number of nitrogens with zero attached hydrogens (tertiary/aromatic N) is 2. The molecule has 2 amide bonds. The summed E-state index contributed by atoms with van der Waals surface area (Å²) in [5, 5.41) is 2.71. The zero-order chi connectivity index (χ0) is 15.2. The summed E-state index contributed by atoms with van der Waals surface area (Å²) in [4.78, 5) is 29.0. The zero-order valence-electron chi connectivity index (χ0n) is 11.8.